The van der Waals surface area contributed by atoms with Crippen molar-refractivity contribution >= 4 is 17.3 Å². The fraction of sp³-hybridized carbons (Fsp3) is 0.350. The van der Waals surface area contributed by atoms with Crippen molar-refractivity contribution in [2.24, 2.45) is 0 Å². The quantitative estimate of drug-likeness (QED) is 0.861. The van der Waals surface area contributed by atoms with Crippen molar-refractivity contribution < 1.29 is 4.79 Å². The summed E-state index contributed by atoms with van der Waals surface area (Å²) in [4.78, 5) is 12.5. The summed E-state index contributed by atoms with van der Waals surface area (Å²) < 4.78 is 0. The molecule has 2 aromatic rings. The Kier molecular flexibility index (Phi) is 5.09. The first kappa shape index (κ1) is 17.1. The van der Waals surface area contributed by atoms with Crippen molar-refractivity contribution in [1.29, 1.82) is 0 Å². The highest BCUT2D eigenvalue weighted by atomic mass is 16.2. The lowest BCUT2D eigenvalue weighted by Gasteiger charge is -2.18. The van der Waals surface area contributed by atoms with Crippen LogP contribution in [0.1, 0.15) is 34.7 Å². The highest BCUT2D eigenvalue weighted by Gasteiger charge is 2.15. The van der Waals surface area contributed by atoms with Crippen molar-refractivity contribution in [2.45, 2.75) is 47.6 Å². The van der Waals surface area contributed by atoms with E-state index in [-0.39, 0.29) is 11.9 Å². The molecule has 0 saturated heterocycles. The summed E-state index contributed by atoms with van der Waals surface area (Å²) in [5.41, 5.74) is 7.65. The molecule has 0 aromatic heterocycles. The zero-order valence-corrected chi connectivity index (χ0v) is 14.9. The highest BCUT2D eigenvalue weighted by Crippen LogP contribution is 2.22. The number of hydrogen-bond donors (Lipinski definition) is 2. The standard InChI is InChI=1S/C20H26N2O/c1-12-7-13(2)11-18(10-12)21-17(6)20(23)22-19-15(4)8-14(3)9-16(19)5/h7-11,17,21H,1-6H3,(H,22,23)/t17-/m1/s1. The van der Waals surface area contributed by atoms with Crippen LogP contribution < -0.4 is 10.6 Å². The van der Waals surface area contributed by atoms with Crippen molar-refractivity contribution in [2.75, 3.05) is 10.6 Å². The van der Waals surface area contributed by atoms with E-state index < -0.39 is 0 Å². The average molecular weight is 310 g/mol. The van der Waals surface area contributed by atoms with Crippen LogP contribution in [0, 0.1) is 34.6 Å². The van der Waals surface area contributed by atoms with E-state index in [1.54, 1.807) is 0 Å². The number of aryl methyl sites for hydroxylation is 5. The van der Waals surface area contributed by atoms with Crippen LogP contribution in [0.3, 0.4) is 0 Å². The van der Waals surface area contributed by atoms with Gasteiger partial charge in [0.2, 0.25) is 5.91 Å². The van der Waals surface area contributed by atoms with Crippen LogP contribution in [0.5, 0.6) is 0 Å². The molecule has 0 radical (unpaired) electrons. The molecule has 0 heterocycles. The number of carbonyl (C=O) groups is 1. The number of carbonyl (C=O) groups excluding carboxylic acids is 1. The molecular formula is C20H26N2O. The van der Waals surface area contributed by atoms with E-state index in [9.17, 15) is 4.79 Å². The highest BCUT2D eigenvalue weighted by molar-refractivity contribution is 5.97. The lowest BCUT2D eigenvalue weighted by atomic mass is 10.0. The molecule has 2 aromatic carbocycles. The Hall–Kier alpha value is -2.29. The van der Waals surface area contributed by atoms with Gasteiger partial charge in [0.1, 0.15) is 6.04 Å². The lowest BCUT2D eigenvalue weighted by molar-refractivity contribution is -0.116. The molecule has 2 N–H and O–H groups in total. The summed E-state index contributed by atoms with van der Waals surface area (Å²) in [7, 11) is 0. The maximum atomic E-state index is 12.5. The molecule has 0 fully saturated rings. The van der Waals surface area contributed by atoms with Crippen molar-refractivity contribution in [1.82, 2.24) is 0 Å². The molecule has 0 aliphatic heterocycles. The molecule has 0 bridgehead atoms. The number of hydrogen-bond acceptors (Lipinski definition) is 2. The Morgan fingerprint density at radius 1 is 0.826 bits per heavy atom. The Morgan fingerprint density at radius 2 is 1.30 bits per heavy atom. The second-order valence-corrected chi connectivity index (χ2v) is 6.51. The van der Waals surface area contributed by atoms with Gasteiger partial charge in [-0.25, -0.2) is 0 Å². The number of amides is 1. The summed E-state index contributed by atoms with van der Waals surface area (Å²) in [6, 6.07) is 10.1. The number of rotatable bonds is 4. The van der Waals surface area contributed by atoms with Gasteiger partial charge in [0, 0.05) is 11.4 Å². The third-order valence-corrected chi connectivity index (χ3v) is 3.92. The Labute approximate surface area is 139 Å². The minimum Gasteiger partial charge on any atom is -0.374 e. The molecule has 0 aliphatic rings. The van der Waals surface area contributed by atoms with E-state index >= 15 is 0 Å². The largest absolute Gasteiger partial charge is 0.374 e. The van der Waals surface area contributed by atoms with Crippen molar-refractivity contribution in [3.05, 3.63) is 58.1 Å². The summed E-state index contributed by atoms with van der Waals surface area (Å²) >= 11 is 0. The molecule has 0 unspecified atom stereocenters. The number of nitrogens with one attached hydrogen (secondary N) is 2. The third kappa shape index (κ3) is 4.35. The first-order valence-corrected chi connectivity index (χ1v) is 8.00. The van der Waals surface area contributed by atoms with Gasteiger partial charge in [-0.15, -0.1) is 0 Å². The second kappa shape index (κ2) is 6.86. The SMILES string of the molecule is Cc1cc(C)cc(N[C@H](C)C(=O)Nc2c(C)cc(C)cc2C)c1. The van der Waals surface area contributed by atoms with Crippen LogP contribution in [0.15, 0.2) is 30.3 Å². The molecule has 1 amide bonds. The van der Waals surface area contributed by atoms with Crippen LogP contribution in [0.4, 0.5) is 11.4 Å². The number of anilines is 2. The van der Waals surface area contributed by atoms with Gasteiger partial charge in [-0.1, -0.05) is 23.8 Å². The molecule has 1 atom stereocenters. The van der Waals surface area contributed by atoms with Gasteiger partial charge < -0.3 is 10.6 Å². The van der Waals surface area contributed by atoms with Crippen LogP contribution in [0.2, 0.25) is 0 Å². The van der Waals surface area contributed by atoms with Crippen molar-refractivity contribution in [3.8, 4) is 0 Å². The Bertz CT molecular complexity index is 691. The van der Waals surface area contributed by atoms with E-state index in [0.29, 0.717) is 0 Å². The van der Waals surface area contributed by atoms with Crippen LogP contribution in [0.25, 0.3) is 0 Å². The monoisotopic (exact) mass is 310 g/mol. The first-order valence-electron chi connectivity index (χ1n) is 8.00. The van der Waals surface area contributed by atoms with E-state index in [1.807, 2.05) is 20.8 Å². The molecule has 2 rings (SSSR count). The molecular weight excluding hydrogens is 284 g/mol. The Balaban J connectivity index is 2.11. The maximum Gasteiger partial charge on any atom is 0.246 e. The van der Waals surface area contributed by atoms with E-state index in [0.717, 1.165) is 22.5 Å². The van der Waals surface area contributed by atoms with Gasteiger partial charge in [0.05, 0.1) is 0 Å². The molecule has 0 spiro atoms. The molecule has 0 aliphatic carbocycles. The van der Waals surface area contributed by atoms with Gasteiger partial charge in [-0.3, -0.25) is 4.79 Å². The molecule has 3 heteroatoms. The minimum absolute atomic E-state index is 0.0285. The van der Waals surface area contributed by atoms with Gasteiger partial charge >= 0.3 is 0 Å². The zero-order valence-electron chi connectivity index (χ0n) is 14.9. The van der Waals surface area contributed by atoms with Crippen LogP contribution in [-0.2, 0) is 4.79 Å². The fourth-order valence-electron chi connectivity index (χ4n) is 2.98. The summed E-state index contributed by atoms with van der Waals surface area (Å²) in [5, 5.41) is 6.34. The molecule has 0 saturated carbocycles. The smallest absolute Gasteiger partial charge is 0.246 e. The predicted octanol–water partition coefficient (Wildman–Crippen LogP) is 4.67. The average Bonchev–Trinajstić information content (AvgIpc) is 2.41. The van der Waals surface area contributed by atoms with Gasteiger partial charge in [-0.05, 0) is 75.9 Å². The third-order valence-electron chi connectivity index (χ3n) is 3.92. The van der Waals surface area contributed by atoms with E-state index in [1.165, 1.54) is 16.7 Å². The predicted molar refractivity (Wildman–Crippen MR) is 98.3 cm³/mol. The van der Waals surface area contributed by atoms with E-state index in [2.05, 4.69) is 61.7 Å². The topological polar surface area (TPSA) is 41.1 Å². The normalized spacial score (nSPS) is 11.9. The fourth-order valence-corrected chi connectivity index (χ4v) is 2.98. The minimum atomic E-state index is -0.309. The summed E-state index contributed by atoms with van der Waals surface area (Å²) in [6.45, 7) is 12.1. The van der Waals surface area contributed by atoms with Crippen LogP contribution >= 0.6 is 0 Å². The van der Waals surface area contributed by atoms with Gasteiger partial charge in [0.15, 0.2) is 0 Å². The first-order chi connectivity index (χ1) is 10.8. The molecule has 3 nitrogen and oxygen atoms in total. The summed E-state index contributed by atoms with van der Waals surface area (Å²) in [5.74, 6) is -0.0285. The summed E-state index contributed by atoms with van der Waals surface area (Å²) in [6.07, 6.45) is 0. The van der Waals surface area contributed by atoms with Crippen LogP contribution in [-0.4, -0.2) is 11.9 Å². The number of benzene rings is 2. The second-order valence-electron chi connectivity index (χ2n) is 6.51. The van der Waals surface area contributed by atoms with Crippen molar-refractivity contribution in [3.63, 3.8) is 0 Å². The van der Waals surface area contributed by atoms with E-state index in [4.69, 9.17) is 0 Å². The molecule has 23 heavy (non-hydrogen) atoms. The van der Waals surface area contributed by atoms with Gasteiger partial charge in [0.25, 0.3) is 0 Å². The maximum absolute atomic E-state index is 12.5. The lowest BCUT2D eigenvalue weighted by Crippen LogP contribution is -2.32. The molecule has 122 valence electrons. The van der Waals surface area contributed by atoms with Gasteiger partial charge in [-0.2, -0.15) is 0 Å². The Morgan fingerprint density at radius 3 is 1.83 bits per heavy atom. The zero-order chi connectivity index (χ0) is 17.1.